The van der Waals surface area contributed by atoms with Crippen LogP contribution in [0.4, 0.5) is 0 Å². The SMILES string of the molecule is COC(=O)c1cccc(OCc2ccc(OC)cc2)c1C(=O)OC. The first kappa shape index (κ1) is 17.3. The Morgan fingerprint density at radius 3 is 2.12 bits per heavy atom. The summed E-state index contributed by atoms with van der Waals surface area (Å²) < 4.78 is 20.3. The van der Waals surface area contributed by atoms with E-state index < -0.39 is 11.9 Å². The predicted molar refractivity (Wildman–Crippen MR) is 86.4 cm³/mol. The third kappa shape index (κ3) is 3.84. The highest BCUT2D eigenvalue weighted by Gasteiger charge is 2.23. The maximum atomic E-state index is 12.0. The minimum Gasteiger partial charge on any atom is -0.497 e. The van der Waals surface area contributed by atoms with Crippen LogP contribution in [-0.4, -0.2) is 33.3 Å². The molecule has 0 fully saturated rings. The van der Waals surface area contributed by atoms with Crippen LogP contribution in [0.15, 0.2) is 42.5 Å². The van der Waals surface area contributed by atoms with Gasteiger partial charge in [-0.1, -0.05) is 18.2 Å². The molecule has 0 saturated carbocycles. The maximum Gasteiger partial charge on any atom is 0.342 e. The zero-order chi connectivity index (χ0) is 17.5. The predicted octanol–water partition coefficient (Wildman–Crippen LogP) is 2.85. The molecular formula is C18H18O6. The number of carbonyl (C=O) groups excluding carboxylic acids is 2. The molecule has 6 heteroatoms. The van der Waals surface area contributed by atoms with Crippen molar-refractivity contribution in [1.82, 2.24) is 0 Å². The molecule has 24 heavy (non-hydrogen) atoms. The third-order valence-corrected chi connectivity index (χ3v) is 3.37. The van der Waals surface area contributed by atoms with E-state index in [0.717, 1.165) is 11.3 Å². The first-order valence-corrected chi connectivity index (χ1v) is 7.16. The van der Waals surface area contributed by atoms with Gasteiger partial charge in [0, 0.05) is 0 Å². The van der Waals surface area contributed by atoms with E-state index in [1.807, 2.05) is 24.3 Å². The lowest BCUT2D eigenvalue weighted by Gasteiger charge is -2.13. The summed E-state index contributed by atoms with van der Waals surface area (Å²) >= 11 is 0. The minimum absolute atomic E-state index is 0.0420. The van der Waals surface area contributed by atoms with Crippen molar-refractivity contribution in [2.24, 2.45) is 0 Å². The van der Waals surface area contributed by atoms with Crippen LogP contribution in [0.3, 0.4) is 0 Å². The highest BCUT2D eigenvalue weighted by atomic mass is 16.5. The lowest BCUT2D eigenvalue weighted by Crippen LogP contribution is -2.14. The van der Waals surface area contributed by atoms with Crippen molar-refractivity contribution in [3.05, 3.63) is 59.2 Å². The van der Waals surface area contributed by atoms with Crippen molar-refractivity contribution in [3.63, 3.8) is 0 Å². The van der Waals surface area contributed by atoms with Crippen molar-refractivity contribution < 1.29 is 28.5 Å². The van der Waals surface area contributed by atoms with Gasteiger partial charge in [-0.2, -0.15) is 0 Å². The van der Waals surface area contributed by atoms with Gasteiger partial charge < -0.3 is 18.9 Å². The highest BCUT2D eigenvalue weighted by Crippen LogP contribution is 2.25. The minimum atomic E-state index is -0.666. The van der Waals surface area contributed by atoms with Gasteiger partial charge in [0.15, 0.2) is 0 Å². The van der Waals surface area contributed by atoms with E-state index >= 15 is 0 Å². The highest BCUT2D eigenvalue weighted by molar-refractivity contribution is 6.05. The molecule has 0 unspecified atom stereocenters. The normalized spacial score (nSPS) is 9.96. The standard InChI is InChI=1S/C18H18O6/c1-21-13-9-7-12(8-10-13)11-24-15-6-4-5-14(17(19)22-2)16(15)18(20)23-3/h4-10H,11H2,1-3H3. The van der Waals surface area contributed by atoms with Crippen molar-refractivity contribution in [2.75, 3.05) is 21.3 Å². The molecule has 0 bridgehead atoms. The summed E-state index contributed by atoms with van der Waals surface area (Å²) in [5, 5.41) is 0. The molecule has 0 atom stereocenters. The fourth-order valence-corrected chi connectivity index (χ4v) is 2.13. The van der Waals surface area contributed by atoms with Gasteiger partial charge in [0.2, 0.25) is 0 Å². The van der Waals surface area contributed by atoms with Crippen molar-refractivity contribution >= 4 is 11.9 Å². The number of esters is 2. The summed E-state index contributed by atoms with van der Waals surface area (Å²) in [5.74, 6) is -0.312. The molecule has 126 valence electrons. The van der Waals surface area contributed by atoms with Crippen molar-refractivity contribution in [2.45, 2.75) is 6.61 Å². The fourth-order valence-electron chi connectivity index (χ4n) is 2.13. The molecule has 0 saturated heterocycles. The van der Waals surface area contributed by atoms with E-state index in [2.05, 4.69) is 0 Å². The van der Waals surface area contributed by atoms with Crippen molar-refractivity contribution in [1.29, 1.82) is 0 Å². The van der Waals surface area contributed by atoms with Gasteiger partial charge in [-0.05, 0) is 29.8 Å². The van der Waals surface area contributed by atoms with Crippen LogP contribution >= 0.6 is 0 Å². The Morgan fingerprint density at radius 2 is 1.54 bits per heavy atom. The van der Waals surface area contributed by atoms with Crippen LogP contribution in [0.1, 0.15) is 26.3 Å². The molecule has 2 rings (SSSR count). The third-order valence-electron chi connectivity index (χ3n) is 3.37. The average Bonchev–Trinajstić information content (AvgIpc) is 2.65. The maximum absolute atomic E-state index is 12.0. The monoisotopic (exact) mass is 330 g/mol. The molecule has 2 aromatic rings. The van der Waals surface area contributed by atoms with E-state index in [9.17, 15) is 9.59 Å². The van der Waals surface area contributed by atoms with Crippen LogP contribution in [0.5, 0.6) is 11.5 Å². The lowest BCUT2D eigenvalue weighted by atomic mass is 10.1. The topological polar surface area (TPSA) is 71.1 Å². The average molecular weight is 330 g/mol. The summed E-state index contributed by atoms with van der Waals surface area (Å²) in [6.45, 7) is 0.221. The molecule has 0 heterocycles. The number of carbonyl (C=O) groups is 2. The Balaban J connectivity index is 2.28. The molecule has 0 aliphatic heterocycles. The van der Waals surface area contributed by atoms with E-state index in [1.165, 1.54) is 20.3 Å². The Morgan fingerprint density at radius 1 is 0.875 bits per heavy atom. The molecule has 0 amide bonds. The van der Waals surface area contributed by atoms with Gasteiger partial charge in [-0.15, -0.1) is 0 Å². The molecule has 0 radical (unpaired) electrons. The first-order valence-electron chi connectivity index (χ1n) is 7.16. The van der Waals surface area contributed by atoms with E-state index in [0.29, 0.717) is 0 Å². The van der Waals surface area contributed by atoms with E-state index in [4.69, 9.17) is 18.9 Å². The molecule has 0 N–H and O–H groups in total. The molecule has 0 aromatic heterocycles. The van der Waals surface area contributed by atoms with Gasteiger partial charge in [0.05, 0.1) is 26.9 Å². The van der Waals surface area contributed by atoms with Gasteiger partial charge in [-0.25, -0.2) is 9.59 Å². The van der Waals surface area contributed by atoms with Crippen LogP contribution in [0.25, 0.3) is 0 Å². The molecule has 0 aliphatic carbocycles. The molecule has 0 aliphatic rings. The number of methoxy groups -OCH3 is 3. The Bertz CT molecular complexity index is 721. The quantitative estimate of drug-likeness (QED) is 0.759. The Kier molecular flexibility index (Phi) is 5.78. The summed E-state index contributed by atoms with van der Waals surface area (Å²) in [6.07, 6.45) is 0. The van der Waals surface area contributed by atoms with Crippen LogP contribution in [0, 0.1) is 0 Å². The number of hydrogen-bond acceptors (Lipinski definition) is 6. The molecule has 6 nitrogen and oxygen atoms in total. The van der Waals surface area contributed by atoms with Gasteiger partial charge in [-0.3, -0.25) is 0 Å². The smallest absolute Gasteiger partial charge is 0.342 e. The van der Waals surface area contributed by atoms with Crippen molar-refractivity contribution in [3.8, 4) is 11.5 Å². The fraction of sp³-hybridized carbons (Fsp3) is 0.222. The van der Waals surface area contributed by atoms with Crippen LogP contribution < -0.4 is 9.47 Å². The Hall–Kier alpha value is -3.02. The second kappa shape index (κ2) is 8.01. The van der Waals surface area contributed by atoms with E-state index in [1.54, 1.807) is 19.2 Å². The van der Waals surface area contributed by atoms with Gasteiger partial charge in [0.1, 0.15) is 23.7 Å². The number of rotatable bonds is 6. The molecule has 2 aromatic carbocycles. The lowest BCUT2D eigenvalue weighted by molar-refractivity contribution is 0.0550. The van der Waals surface area contributed by atoms with E-state index in [-0.39, 0.29) is 23.5 Å². The zero-order valence-corrected chi connectivity index (χ0v) is 13.7. The Labute approximate surface area is 139 Å². The van der Waals surface area contributed by atoms with Crippen LogP contribution in [0.2, 0.25) is 0 Å². The first-order chi connectivity index (χ1) is 11.6. The summed E-state index contributed by atoms with van der Waals surface area (Å²) in [7, 11) is 4.07. The second-order valence-electron chi connectivity index (χ2n) is 4.80. The summed E-state index contributed by atoms with van der Waals surface area (Å²) in [6, 6.07) is 12.0. The largest absolute Gasteiger partial charge is 0.497 e. The number of benzene rings is 2. The van der Waals surface area contributed by atoms with Gasteiger partial charge in [0.25, 0.3) is 0 Å². The summed E-state index contributed by atoms with van der Waals surface area (Å²) in [5.41, 5.74) is 1.02. The molecule has 0 spiro atoms. The second-order valence-corrected chi connectivity index (χ2v) is 4.80. The van der Waals surface area contributed by atoms with Gasteiger partial charge >= 0.3 is 11.9 Å². The number of hydrogen-bond donors (Lipinski definition) is 0. The summed E-state index contributed by atoms with van der Waals surface area (Å²) in [4.78, 5) is 23.9. The van der Waals surface area contributed by atoms with Crippen LogP contribution in [-0.2, 0) is 16.1 Å². The molecular weight excluding hydrogens is 312 g/mol. The number of ether oxygens (including phenoxy) is 4. The zero-order valence-electron chi connectivity index (χ0n) is 13.7.